The van der Waals surface area contributed by atoms with Gasteiger partial charge in [-0.1, -0.05) is 39.8 Å². The van der Waals surface area contributed by atoms with Gasteiger partial charge >= 0.3 is 0 Å². The highest BCUT2D eigenvalue weighted by atomic mass is 16.3. The molecule has 5 rings (SSSR count). The number of aliphatic hydroxyl groups is 3. The molecule has 0 aromatic rings. The van der Waals surface area contributed by atoms with Gasteiger partial charge in [-0.15, -0.1) is 0 Å². The van der Waals surface area contributed by atoms with Gasteiger partial charge in [-0.3, -0.25) is 0 Å². The summed E-state index contributed by atoms with van der Waals surface area (Å²) < 4.78 is 0. The monoisotopic (exact) mass is 458 g/mol. The van der Waals surface area contributed by atoms with Crippen LogP contribution in [0.3, 0.4) is 0 Å². The van der Waals surface area contributed by atoms with Crippen LogP contribution in [0.4, 0.5) is 0 Å². The molecule has 1 unspecified atom stereocenters. The van der Waals surface area contributed by atoms with E-state index < -0.39 is 11.2 Å². The van der Waals surface area contributed by atoms with Gasteiger partial charge in [-0.2, -0.15) is 0 Å². The molecule has 0 heterocycles. The van der Waals surface area contributed by atoms with E-state index in [0.717, 1.165) is 12.8 Å². The topological polar surface area (TPSA) is 60.7 Å². The molecule has 5 aliphatic carbocycles. The third-order valence-corrected chi connectivity index (χ3v) is 12.8. The van der Waals surface area contributed by atoms with Crippen LogP contribution in [0.15, 0.2) is 12.2 Å². The summed E-state index contributed by atoms with van der Waals surface area (Å²) in [6, 6.07) is 0. The molecule has 0 aromatic heterocycles. The lowest BCUT2D eigenvalue weighted by atomic mass is 9.41. The van der Waals surface area contributed by atoms with Crippen LogP contribution in [-0.2, 0) is 0 Å². The van der Waals surface area contributed by atoms with Gasteiger partial charge in [0.15, 0.2) is 0 Å². The molecule has 33 heavy (non-hydrogen) atoms. The van der Waals surface area contributed by atoms with Crippen LogP contribution < -0.4 is 0 Å². The third kappa shape index (κ3) is 3.03. The van der Waals surface area contributed by atoms with Crippen molar-refractivity contribution in [2.24, 2.45) is 44.8 Å². The molecule has 0 radical (unpaired) electrons. The summed E-state index contributed by atoms with van der Waals surface area (Å²) in [5, 5.41) is 32.6. The lowest BCUT2D eigenvalue weighted by molar-refractivity contribution is -0.175. The van der Waals surface area contributed by atoms with Gasteiger partial charge in [-0.05, 0) is 130 Å². The normalized spacial score (nSPS) is 52.4. The molecular weight excluding hydrogens is 408 g/mol. The average molecular weight is 459 g/mol. The molecular formula is C30H50O3. The Kier molecular flexibility index (Phi) is 5.07. The van der Waals surface area contributed by atoms with Gasteiger partial charge in [-0.25, -0.2) is 0 Å². The van der Waals surface area contributed by atoms with Crippen LogP contribution in [-0.4, -0.2) is 32.6 Å². The number of aliphatic hydroxyl groups excluding tert-OH is 1. The fraction of sp³-hybridized carbons (Fsp3) is 0.933. The molecule has 0 aliphatic heterocycles. The molecule has 5 saturated carbocycles. The van der Waals surface area contributed by atoms with E-state index >= 15 is 0 Å². The largest absolute Gasteiger partial charge is 0.393 e. The van der Waals surface area contributed by atoms with E-state index in [1.54, 1.807) is 0 Å². The predicted molar refractivity (Wildman–Crippen MR) is 134 cm³/mol. The van der Waals surface area contributed by atoms with Gasteiger partial charge in [0.1, 0.15) is 0 Å². The molecule has 3 nitrogen and oxygen atoms in total. The summed E-state index contributed by atoms with van der Waals surface area (Å²) in [6.45, 7) is 15.5. The van der Waals surface area contributed by atoms with Crippen molar-refractivity contribution >= 4 is 0 Å². The maximum absolute atomic E-state index is 11.7. The van der Waals surface area contributed by atoms with Crippen LogP contribution >= 0.6 is 0 Å². The van der Waals surface area contributed by atoms with E-state index in [9.17, 15) is 15.3 Å². The van der Waals surface area contributed by atoms with Crippen molar-refractivity contribution in [3.05, 3.63) is 12.2 Å². The third-order valence-electron chi connectivity index (χ3n) is 12.8. The first kappa shape index (κ1) is 24.3. The average Bonchev–Trinajstić information content (AvgIpc) is 3.21. The molecule has 3 N–H and O–H groups in total. The Hall–Kier alpha value is -0.380. The quantitative estimate of drug-likeness (QED) is 0.436. The van der Waals surface area contributed by atoms with E-state index in [0.29, 0.717) is 34.5 Å². The Morgan fingerprint density at radius 3 is 2.21 bits per heavy atom. The van der Waals surface area contributed by atoms with Crippen molar-refractivity contribution < 1.29 is 15.3 Å². The van der Waals surface area contributed by atoms with Crippen LogP contribution in [0, 0.1) is 44.8 Å². The van der Waals surface area contributed by atoms with E-state index in [4.69, 9.17) is 0 Å². The Morgan fingerprint density at radius 2 is 1.55 bits per heavy atom. The fourth-order valence-electron chi connectivity index (χ4n) is 11.2. The molecule has 5 aliphatic rings. The first-order valence-electron chi connectivity index (χ1n) is 13.9. The van der Waals surface area contributed by atoms with E-state index in [1.165, 1.54) is 44.9 Å². The molecule has 5 fully saturated rings. The number of rotatable bonds is 4. The first-order valence-corrected chi connectivity index (χ1v) is 13.9. The summed E-state index contributed by atoms with van der Waals surface area (Å²) in [7, 11) is 0. The Balaban J connectivity index is 1.43. The molecule has 9 atom stereocenters. The van der Waals surface area contributed by atoms with Crippen molar-refractivity contribution in [1.82, 2.24) is 0 Å². The zero-order chi connectivity index (χ0) is 24.3. The van der Waals surface area contributed by atoms with Gasteiger partial charge in [0, 0.05) is 0 Å². The Morgan fingerprint density at radius 1 is 0.848 bits per heavy atom. The standard InChI is InChI=1S/C30H50O3/c1-24(2,32)13-8-14-28(7,33)22-10-9-21-26(22,5)17-18-30-19-29(30)16-12-23(31)25(3,4)20(29)11-15-27(21,30)6/h8,14,20-23,31-33H,9-13,15-19H2,1-7H3/b14-8-/t20-,21+,22-,23-,26-,27-,28?,29+,30-/m0/s1. The Bertz CT molecular complexity index is 836. The zero-order valence-corrected chi connectivity index (χ0v) is 22.4. The summed E-state index contributed by atoms with van der Waals surface area (Å²) >= 11 is 0. The minimum absolute atomic E-state index is 0.0387. The summed E-state index contributed by atoms with van der Waals surface area (Å²) in [5.41, 5.74) is -0.0830. The molecule has 0 saturated heterocycles. The fourth-order valence-corrected chi connectivity index (χ4v) is 11.2. The second-order valence-corrected chi connectivity index (χ2v) is 15.1. The maximum atomic E-state index is 11.7. The molecule has 0 amide bonds. The molecule has 3 heteroatoms. The van der Waals surface area contributed by atoms with Crippen LogP contribution in [0.2, 0.25) is 0 Å². The van der Waals surface area contributed by atoms with Crippen molar-refractivity contribution in [2.75, 3.05) is 0 Å². The highest BCUT2D eigenvalue weighted by Gasteiger charge is 2.83. The highest BCUT2D eigenvalue weighted by molar-refractivity contribution is 5.32. The SMILES string of the molecule is CC(C)(O)C/C=C\C(C)(O)[C@H]1CC[C@@H]2[C@]1(C)CC[C@@]13C[C@@]14CC[C@H](O)C(C)(C)[C@@H]4CC[C@@]23C. The second kappa shape index (κ2) is 6.88. The lowest BCUT2D eigenvalue weighted by Crippen LogP contribution is -2.59. The van der Waals surface area contributed by atoms with E-state index in [2.05, 4.69) is 27.7 Å². The lowest BCUT2D eigenvalue weighted by Gasteiger charge is -2.64. The van der Waals surface area contributed by atoms with Crippen LogP contribution in [0.25, 0.3) is 0 Å². The van der Waals surface area contributed by atoms with Crippen molar-refractivity contribution in [2.45, 2.75) is 130 Å². The summed E-state index contributed by atoms with van der Waals surface area (Å²) in [6.07, 6.45) is 15.4. The molecule has 0 bridgehead atoms. The number of hydrogen-bond acceptors (Lipinski definition) is 3. The highest BCUT2D eigenvalue weighted by Crippen LogP contribution is 2.90. The first-order chi connectivity index (χ1) is 15.1. The van der Waals surface area contributed by atoms with Gasteiger partial charge in [0.2, 0.25) is 0 Å². The summed E-state index contributed by atoms with van der Waals surface area (Å²) in [5.74, 6) is 1.61. The molecule has 2 spiro atoms. The maximum Gasteiger partial charge on any atom is 0.0833 e. The summed E-state index contributed by atoms with van der Waals surface area (Å²) in [4.78, 5) is 0. The molecule has 188 valence electrons. The minimum atomic E-state index is -0.828. The van der Waals surface area contributed by atoms with Gasteiger partial charge in [0.25, 0.3) is 0 Å². The van der Waals surface area contributed by atoms with E-state index in [-0.39, 0.29) is 22.9 Å². The van der Waals surface area contributed by atoms with Crippen molar-refractivity contribution in [1.29, 1.82) is 0 Å². The van der Waals surface area contributed by atoms with E-state index in [1.807, 2.05) is 32.9 Å². The smallest absolute Gasteiger partial charge is 0.0833 e. The van der Waals surface area contributed by atoms with Gasteiger partial charge in [0.05, 0.1) is 17.3 Å². The number of fused-ring (bicyclic) bond motifs is 2. The van der Waals surface area contributed by atoms with Crippen molar-refractivity contribution in [3.8, 4) is 0 Å². The number of hydrogen-bond donors (Lipinski definition) is 3. The second-order valence-electron chi connectivity index (χ2n) is 15.1. The van der Waals surface area contributed by atoms with Crippen LogP contribution in [0.1, 0.15) is 113 Å². The molecule has 0 aromatic carbocycles. The predicted octanol–water partition coefficient (Wildman–Crippen LogP) is 6.25. The zero-order valence-electron chi connectivity index (χ0n) is 22.4. The van der Waals surface area contributed by atoms with Crippen LogP contribution in [0.5, 0.6) is 0 Å². The minimum Gasteiger partial charge on any atom is -0.393 e. The van der Waals surface area contributed by atoms with Gasteiger partial charge < -0.3 is 15.3 Å². The van der Waals surface area contributed by atoms with Crippen molar-refractivity contribution in [3.63, 3.8) is 0 Å². The Labute approximate surface area is 202 Å².